The van der Waals surface area contributed by atoms with Crippen LogP contribution in [0.5, 0.6) is 0 Å². The number of nitrogens with two attached hydrogens (primary N) is 1. The molecule has 2 N–H and O–H groups in total. The van der Waals surface area contributed by atoms with Gasteiger partial charge in [-0.1, -0.05) is 0 Å². The predicted octanol–water partition coefficient (Wildman–Crippen LogP) is 0.886. The molecule has 0 aliphatic heterocycles. The van der Waals surface area contributed by atoms with Gasteiger partial charge in [0.1, 0.15) is 5.69 Å². The van der Waals surface area contributed by atoms with E-state index in [9.17, 15) is 0 Å². The summed E-state index contributed by atoms with van der Waals surface area (Å²) in [5, 5.41) is 8.44. The molecule has 0 unspecified atom stereocenters. The van der Waals surface area contributed by atoms with Crippen molar-refractivity contribution in [2.45, 2.75) is 13.5 Å². The van der Waals surface area contributed by atoms with E-state index in [-0.39, 0.29) is 0 Å². The van der Waals surface area contributed by atoms with Crippen molar-refractivity contribution in [3.05, 3.63) is 18.5 Å². The SMILES string of the molecule is CCn1cc(N)c(-c2ccnn2C)n1. The Kier molecular flexibility index (Phi) is 1.99. The maximum Gasteiger partial charge on any atom is 0.133 e. The molecule has 0 aliphatic rings. The van der Waals surface area contributed by atoms with Crippen molar-refractivity contribution in [2.75, 3.05) is 5.73 Å². The Morgan fingerprint density at radius 2 is 2.29 bits per heavy atom. The maximum atomic E-state index is 5.85. The summed E-state index contributed by atoms with van der Waals surface area (Å²) < 4.78 is 3.58. The van der Waals surface area contributed by atoms with Crippen LogP contribution in [0.2, 0.25) is 0 Å². The second-order valence-electron chi connectivity index (χ2n) is 3.13. The summed E-state index contributed by atoms with van der Waals surface area (Å²) in [7, 11) is 1.87. The Morgan fingerprint density at radius 3 is 2.79 bits per heavy atom. The summed E-state index contributed by atoms with van der Waals surface area (Å²) >= 11 is 0. The van der Waals surface area contributed by atoms with Gasteiger partial charge in [-0.2, -0.15) is 10.2 Å². The normalized spacial score (nSPS) is 10.7. The molecule has 0 saturated heterocycles. The Bertz CT molecular complexity index is 440. The fourth-order valence-electron chi connectivity index (χ4n) is 1.40. The Labute approximate surface area is 82.1 Å². The highest BCUT2D eigenvalue weighted by Crippen LogP contribution is 2.22. The second-order valence-corrected chi connectivity index (χ2v) is 3.13. The van der Waals surface area contributed by atoms with Crippen molar-refractivity contribution in [1.82, 2.24) is 19.6 Å². The third-order valence-electron chi connectivity index (χ3n) is 2.18. The molecule has 74 valence electrons. The minimum Gasteiger partial charge on any atom is -0.396 e. The zero-order valence-electron chi connectivity index (χ0n) is 8.31. The number of anilines is 1. The predicted molar refractivity (Wildman–Crippen MR) is 54.5 cm³/mol. The molecule has 0 spiro atoms. The molecular weight excluding hydrogens is 178 g/mol. The molecule has 0 amide bonds. The Balaban J connectivity index is 2.51. The highest BCUT2D eigenvalue weighted by atomic mass is 15.3. The van der Waals surface area contributed by atoms with E-state index >= 15 is 0 Å². The Hall–Kier alpha value is -1.78. The molecule has 2 aromatic rings. The first-order valence-electron chi connectivity index (χ1n) is 4.53. The van der Waals surface area contributed by atoms with E-state index in [4.69, 9.17) is 5.73 Å². The lowest BCUT2D eigenvalue weighted by molar-refractivity contribution is 0.659. The maximum absolute atomic E-state index is 5.85. The van der Waals surface area contributed by atoms with E-state index in [1.165, 1.54) is 0 Å². The fourth-order valence-corrected chi connectivity index (χ4v) is 1.40. The smallest absolute Gasteiger partial charge is 0.133 e. The molecule has 5 nitrogen and oxygen atoms in total. The standard InChI is InChI=1S/C9H13N5/c1-3-14-6-7(10)9(12-14)8-4-5-11-13(8)2/h4-6H,3,10H2,1-2H3. The second kappa shape index (κ2) is 3.17. The van der Waals surface area contributed by atoms with Crippen molar-refractivity contribution < 1.29 is 0 Å². The number of aromatic nitrogens is 4. The van der Waals surface area contributed by atoms with Crippen molar-refractivity contribution in [1.29, 1.82) is 0 Å². The highest BCUT2D eigenvalue weighted by molar-refractivity contribution is 5.68. The molecular formula is C9H13N5. The Morgan fingerprint density at radius 1 is 1.50 bits per heavy atom. The van der Waals surface area contributed by atoms with Crippen LogP contribution in [0.1, 0.15) is 6.92 Å². The van der Waals surface area contributed by atoms with Crippen LogP contribution in [0.25, 0.3) is 11.4 Å². The number of hydrogen-bond acceptors (Lipinski definition) is 3. The van der Waals surface area contributed by atoms with Gasteiger partial charge in [0.25, 0.3) is 0 Å². The zero-order chi connectivity index (χ0) is 10.1. The van der Waals surface area contributed by atoms with Gasteiger partial charge in [-0.25, -0.2) is 0 Å². The van der Waals surface area contributed by atoms with Gasteiger partial charge in [-0.3, -0.25) is 9.36 Å². The summed E-state index contributed by atoms with van der Waals surface area (Å²) in [5.41, 5.74) is 8.28. The number of aryl methyl sites for hydroxylation is 2. The van der Waals surface area contributed by atoms with Crippen molar-refractivity contribution >= 4 is 5.69 Å². The largest absolute Gasteiger partial charge is 0.396 e. The van der Waals surface area contributed by atoms with Crippen LogP contribution < -0.4 is 5.73 Å². The first kappa shape index (κ1) is 8.80. The van der Waals surface area contributed by atoms with E-state index in [1.807, 2.05) is 30.9 Å². The average molecular weight is 191 g/mol. The summed E-state index contributed by atoms with van der Waals surface area (Å²) in [6.45, 7) is 2.85. The quantitative estimate of drug-likeness (QED) is 0.766. The monoisotopic (exact) mass is 191 g/mol. The third-order valence-corrected chi connectivity index (χ3v) is 2.18. The fraction of sp³-hybridized carbons (Fsp3) is 0.333. The number of nitrogen functional groups attached to an aromatic ring is 1. The van der Waals surface area contributed by atoms with Gasteiger partial charge in [0.15, 0.2) is 0 Å². The molecule has 0 atom stereocenters. The molecule has 0 aliphatic carbocycles. The molecule has 0 saturated carbocycles. The minimum atomic E-state index is 0.690. The van der Waals surface area contributed by atoms with Crippen molar-refractivity contribution in [3.63, 3.8) is 0 Å². The molecule has 2 rings (SSSR count). The molecule has 0 radical (unpaired) electrons. The number of hydrogen-bond donors (Lipinski definition) is 1. The van der Waals surface area contributed by atoms with Crippen molar-refractivity contribution in [3.8, 4) is 11.4 Å². The van der Waals surface area contributed by atoms with Crippen LogP contribution >= 0.6 is 0 Å². The molecule has 2 aromatic heterocycles. The lowest BCUT2D eigenvalue weighted by Gasteiger charge is -1.98. The molecule has 0 aromatic carbocycles. The van der Waals surface area contributed by atoms with Crippen LogP contribution in [-0.4, -0.2) is 19.6 Å². The molecule has 0 fully saturated rings. The van der Waals surface area contributed by atoms with Crippen LogP contribution in [0.4, 0.5) is 5.69 Å². The third kappa shape index (κ3) is 1.26. The van der Waals surface area contributed by atoms with Gasteiger partial charge >= 0.3 is 0 Å². The first-order valence-corrected chi connectivity index (χ1v) is 4.53. The molecule has 2 heterocycles. The van der Waals surface area contributed by atoms with Gasteiger partial charge < -0.3 is 5.73 Å². The van der Waals surface area contributed by atoms with E-state index in [0.717, 1.165) is 17.9 Å². The van der Waals surface area contributed by atoms with E-state index in [0.29, 0.717) is 5.69 Å². The topological polar surface area (TPSA) is 61.7 Å². The minimum absolute atomic E-state index is 0.690. The van der Waals surface area contributed by atoms with Crippen LogP contribution in [0.15, 0.2) is 18.5 Å². The molecule has 5 heteroatoms. The average Bonchev–Trinajstić information content (AvgIpc) is 2.72. The summed E-state index contributed by atoms with van der Waals surface area (Å²) in [6, 6.07) is 1.90. The van der Waals surface area contributed by atoms with E-state index in [1.54, 1.807) is 10.9 Å². The summed E-state index contributed by atoms with van der Waals surface area (Å²) in [5.74, 6) is 0. The lowest BCUT2D eigenvalue weighted by atomic mass is 10.3. The van der Waals surface area contributed by atoms with Gasteiger partial charge in [-0.05, 0) is 13.0 Å². The van der Waals surface area contributed by atoms with E-state index in [2.05, 4.69) is 10.2 Å². The van der Waals surface area contributed by atoms with Gasteiger partial charge in [0.2, 0.25) is 0 Å². The van der Waals surface area contributed by atoms with Gasteiger partial charge in [0, 0.05) is 26.0 Å². The number of nitrogens with zero attached hydrogens (tertiary/aromatic N) is 4. The van der Waals surface area contributed by atoms with Gasteiger partial charge in [0.05, 0.1) is 11.4 Å². The van der Waals surface area contributed by atoms with Gasteiger partial charge in [-0.15, -0.1) is 0 Å². The molecule has 0 bridgehead atoms. The zero-order valence-corrected chi connectivity index (χ0v) is 8.31. The highest BCUT2D eigenvalue weighted by Gasteiger charge is 2.10. The van der Waals surface area contributed by atoms with Crippen LogP contribution in [0.3, 0.4) is 0 Å². The van der Waals surface area contributed by atoms with Crippen LogP contribution in [0, 0.1) is 0 Å². The number of rotatable bonds is 2. The van der Waals surface area contributed by atoms with Crippen LogP contribution in [-0.2, 0) is 13.6 Å². The van der Waals surface area contributed by atoms with Crippen molar-refractivity contribution in [2.24, 2.45) is 7.05 Å². The van der Waals surface area contributed by atoms with E-state index < -0.39 is 0 Å². The lowest BCUT2D eigenvalue weighted by Crippen LogP contribution is -1.97. The summed E-state index contributed by atoms with van der Waals surface area (Å²) in [4.78, 5) is 0. The molecule has 14 heavy (non-hydrogen) atoms. The summed E-state index contributed by atoms with van der Waals surface area (Å²) in [6.07, 6.45) is 3.57. The first-order chi connectivity index (χ1) is 6.72.